The van der Waals surface area contributed by atoms with E-state index in [0.29, 0.717) is 6.54 Å². The number of hydrogen-bond donors (Lipinski definition) is 0. The molecule has 0 radical (unpaired) electrons. The van der Waals surface area contributed by atoms with Crippen molar-refractivity contribution in [3.8, 4) is 6.07 Å². The van der Waals surface area contributed by atoms with Crippen molar-refractivity contribution in [3.05, 3.63) is 41.5 Å². The Morgan fingerprint density at radius 3 is 2.79 bits per heavy atom. The zero-order valence-corrected chi connectivity index (χ0v) is 13.4. The van der Waals surface area contributed by atoms with Crippen LogP contribution in [0.4, 0.5) is 18.9 Å². The zero-order chi connectivity index (χ0) is 17.3. The number of hydrogen-bond acceptors (Lipinski definition) is 3. The minimum Gasteiger partial charge on any atom is -0.365 e. The molecule has 8 heteroatoms. The summed E-state index contributed by atoms with van der Waals surface area (Å²) in [4.78, 5) is 0. The van der Waals surface area contributed by atoms with Crippen LogP contribution in [0.25, 0.3) is 0 Å². The molecule has 3 aliphatic heterocycles. The van der Waals surface area contributed by atoms with Crippen LogP contribution in [0.5, 0.6) is 0 Å². The van der Waals surface area contributed by atoms with Crippen molar-refractivity contribution in [2.24, 2.45) is 5.92 Å². The molecule has 126 valence electrons. The van der Waals surface area contributed by atoms with Crippen molar-refractivity contribution in [1.82, 2.24) is 0 Å². The van der Waals surface area contributed by atoms with E-state index < -0.39 is 33.0 Å². The van der Waals surface area contributed by atoms with E-state index in [1.807, 2.05) is 19.1 Å². The Morgan fingerprint density at radius 1 is 1.42 bits per heavy atom. The van der Waals surface area contributed by atoms with E-state index in [1.54, 1.807) is 6.07 Å². The van der Waals surface area contributed by atoms with Crippen LogP contribution >= 0.6 is 0 Å². The second-order valence-corrected chi connectivity index (χ2v) is 8.16. The van der Waals surface area contributed by atoms with Crippen LogP contribution in [0, 0.1) is 17.2 Å². The van der Waals surface area contributed by atoms with E-state index in [9.17, 15) is 17.4 Å². The Kier molecular flexibility index (Phi) is 3.15. The molecule has 3 heterocycles. The molecule has 0 N–H and O–H groups in total. The summed E-state index contributed by atoms with van der Waals surface area (Å²) >= 11 is 0. The van der Waals surface area contributed by atoms with Gasteiger partial charge < -0.3 is 4.74 Å². The third kappa shape index (κ3) is 1.91. The molecule has 3 aliphatic rings. The standard InChI is InChI=1S/C16H13F3N2O2S/c1-15-12(13-4-5-14(15)23-13)8-21(24(15)22)10-3-2-9(7-20)11(6-10)16(17,18)19/h2-6,12-14H,8H2,1H3/t12-,13+,14+,15-,24?/m0/s1. The topological polar surface area (TPSA) is 53.3 Å². The van der Waals surface area contributed by atoms with Crippen LogP contribution < -0.4 is 4.31 Å². The molecular weight excluding hydrogens is 341 g/mol. The molecule has 0 amide bonds. The van der Waals surface area contributed by atoms with E-state index in [-0.39, 0.29) is 23.8 Å². The number of ether oxygens (including phenoxy) is 1. The van der Waals surface area contributed by atoms with E-state index in [4.69, 9.17) is 10.00 Å². The van der Waals surface area contributed by atoms with Gasteiger partial charge in [0.25, 0.3) is 0 Å². The number of alkyl halides is 3. The number of fused-ring (bicyclic) bond motifs is 5. The maximum atomic E-state index is 13.2. The van der Waals surface area contributed by atoms with Gasteiger partial charge in [0.15, 0.2) is 0 Å². The second kappa shape index (κ2) is 4.83. The van der Waals surface area contributed by atoms with E-state index >= 15 is 0 Å². The molecule has 1 aromatic rings. The third-order valence-electron chi connectivity index (χ3n) is 5.13. The second-order valence-electron chi connectivity index (χ2n) is 6.35. The largest absolute Gasteiger partial charge is 0.417 e. The lowest BCUT2D eigenvalue weighted by Gasteiger charge is -2.27. The maximum absolute atomic E-state index is 13.2. The summed E-state index contributed by atoms with van der Waals surface area (Å²) in [5, 5.41) is 8.89. The molecule has 2 bridgehead atoms. The van der Waals surface area contributed by atoms with Gasteiger partial charge in [-0.1, -0.05) is 12.2 Å². The average molecular weight is 354 g/mol. The van der Waals surface area contributed by atoms with Crippen molar-refractivity contribution < 1.29 is 22.1 Å². The Bertz CT molecular complexity index is 817. The Balaban J connectivity index is 1.74. The summed E-state index contributed by atoms with van der Waals surface area (Å²) in [7, 11) is -1.52. The molecule has 24 heavy (non-hydrogen) atoms. The quantitative estimate of drug-likeness (QED) is 0.729. The van der Waals surface area contributed by atoms with E-state index in [0.717, 1.165) is 12.1 Å². The SMILES string of the molecule is C[C@@]12[C@H]3C=C[C@@H](O3)[C@@H]1CN(c1ccc(C#N)c(C(F)(F)F)c1)S2=O. The van der Waals surface area contributed by atoms with Crippen LogP contribution in [-0.2, 0) is 21.9 Å². The first-order chi connectivity index (χ1) is 11.3. The zero-order valence-electron chi connectivity index (χ0n) is 12.6. The lowest BCUT2D eigenvalue weighted by Crippen LogP contribution is -2.43. The van der Waals surface area contributed by atoms with Crippen molar-refractivity contribution in [2.45, 2.75) is 30.1 Å². The fraction of sp³-hybridized carbons (Fsp3) is 0.438. The molecule has 1 unspecified atom stereocenters. The predicted octanol–water partition coefficient (Wildman–Crippen LogP) is 2.77. The van der Waals surface area contributed by atoms with Gasteiger partial charge in [-0.2, -0.15) is 18.4 Å². The van der Waals surface area contributed by atoms with Gasteiger partial charge in [0, 0.05) is 18.2 Å². The summed E-state index contributed by atoms with van der Waals surface area (Å²) in [6, 6.07) is 5.03. The smallest absolute Gasteiger partial charge is 0.365 e. The highest BCUT2D eigenvalue weighted by Crippen LogP contribution is 2.52. The van der Waals surface area contributed by atoms with Crippen molar-refractivity contribution in [3.63, 3.8) is 0 Å². The number of nitrogens with zero attached hydrogens (tertiary/aromatic N) is 2. The summed E-state index contributed by atoms with van der Waals surface area (Å²) in [6.45, 7) is 2.22. The molecule has 2 saturated heterocycles. The van der Waals surface area contributed by atoms with E-state index in [2.05, 4.69) is 0 Å². The van der Waals surface area contributed by atoms with Crippen LogP contribution in [0.2, 0.25) is 0 Å². The van der Waals surface area contributed by atoms with Gasteiger partial charge in [-0.15, -0.1) is 0 Å². The van der Waals surface area contributed by atoms with Gasteiger partial charge in [-0.3, -0.25) is 4.31 Å². The number of rotatable bonds is 1. The predicted molar refractivity (Wildman–Crippen MR) is 81.3 cm³/mol. The highest BCUT2D eigenvalue weighted by atomic mass is 32.2. The number of anilines is 1. The Morgan fingerprint density at radius 2 is 2.17 bits per heavy atom. The first kappa shape index (κ1) is 15.7. The monoisotopic (exact) mass is 354 g/mol. The Hall–Kier alpha value is -1.85. The van der Waals surface area contributed by atoms with Gasteiger partial charge in [0.2, 0.25) is 0 Å². The highest BCUT2D eigenvalue weighted by molar-refractivity contribution is 7.88. The fourth-order valence-electron chi connectivity index (χ4n) is 3.78. The summed E-state index contributed by atoms with van der Waals surface area (Å²) in [5.41, 5.74) is -1.22. The molecule has 4 nitrogen and oxygen atoms in total. The normalized spacial score (nSPS) is 36.9. The number of benzene rings is 1. The van der Waals surface area contributed by atoms with Crippen molar-refractivity contribution in [2.75, 3.05) is 10.8 Å². The minimum absolute atomic E-state index is 0.0293. The number of nitriles is 1. The molecular formula is C16H13F3N2O2S. The molecule has 5 atom stereocenters. The molecule has 0 aromatic heterocycles. The van der Waals surface area contributed by atoms with Gasteiger partial charge in [-0.05, 0) is 25.1 Å². The maximum Gasteiger partial charge on any atom is 0.417 e. The number of halogens is 3. The van der Waals surface area contributed by atoms with Gasteiger partial charge in [0.1, 0.15) is 11.0 Å². The van der Waals surface area contributed by atoms with E-state index in [1.165, 1.54) is 10.4 Å². The lowest BCUT2D eigenvalue weighted by atomic mass is 9.83. The van der Waals surface area contributed by atoms with Crippen LogP contribution in [0.1, 0.15) is 18.1 Å². The Labute approximate surface area is 139 Å². The van der Waals surface area contributed by atoms with Crippen LogP contribution in [0.3, 0.4) is 0 Å². The molecule has 2 fully saturated rings. The fourth-order valence-corrected chi connectivity index (χ4v) is 5.66. The van der Waals surface area contributed by atoms with Crippen molar-refractivity contribution >= 4 is 16.7 Å². The molecule has 1 aromatic carbocycles. The molecule has 0 saturated carbocycles. The molecule has 0 spiro atoms. The van der Waals surface area contributed by atoms with Gasteiger partial charge in [-0.25, -0.2) is 4.21 Å². The summed E-state index contributed by atoms with van der Waals surface area (Å²) in [5.74, 6) is -0.0293. The first-order valence-corrected chi connectivity index (χ1v) is 8.52. The average Bonchev–Trinajstić information content (AvgIpc) is 3.18. The molecule has 0 aliphatic carbocycles. The van der Waals surface area contributed by atoms with Crippen LogP contribution in [0.15, 0.2) is 30.4 Å². The van der Waals surface area contributed by atoms with Crippen molar-refractivity contribution in [1.29, 1.82) is 5.26 Å². The third-order valence-corrected chi connectivity index (χ3v) is 7.18. The minimum atomic E-state index is -4.63. The summed E-state index contributed by atoms with van der Waals surface area (Å²) < 4.78 is 59.1. The van der Waals surface area contributed by atoms with Gasteiger partial charge >= 0.3 is 6.18 Å². The van der Waals surface area contributed by atoms with Gasteiger partial charge in [0.05, 0.1) is 34.2 Å². The summed E-state index contributed by atoms with van der Waals surface area (Å²) in [6.07, 6.45) is -1.25. The lowest BCUT2D eigenvalue weighted by molar-refractivity contribution is -0.137. The molecule has 4 rings (SSSR count). The highest BCUT2D eigenvalue weighted by Gasteiger charge is 2.64. The first-order valence-electron chi connectivity index (χ1n) is 7.41. The van der Waals surface area contributed by atoms with Crippen LogP contribution in [-0.4, -0.2) is 27.7 Å².